The zero-order chi connectivity index (χ0) is 14.7. The normalized spacial score (nSPS) is 12.2. The molecule has 0 unspecified atom stereocenters. The number of anilines is 1. The van der Waals surface area contributed by atoms with E-state index in [1.807, 2.05) is 37.6 Å². The molecule has 2 heterocycles. The third kappa shape index (κ3) is 3.04. The summed E-state index contributed by atoms with van der Waals surface area (Å²) >= 11 is 0. The molecule has 1 amide bonds. The molecule has 0 fully saturated rings. The van der Waals surface area contributed by atoms with E-state index in [0.29, 0.717) is 12.2 Å². The summed E-state index contributed by atoms with van der Waals surface area (Å²) in [7, 11) is 0. The number of nitrogens with one attached hydrogen (secondary N) is 1. The van der Waals surface area contributed by atoms with E-state index in [-0.39, 0.29) is 11.9 Å². The van der Waals surface area contributed by atoms with E-state index in [1.165, 1.54) is 5.56 Å². The number of rotatable bonds is 4. The van der Waals surface area contributed by atoms with Crippen LogP contribution in [0, 0.1) is 20.8 Å². The van der Waals surface area contributed by atoms with Crippen molar-refractivity contribution in [2.45, 2.75) is 40.2 Å². The molecular weight excluding hydrogens is 252 g/mol. The monoisotopic (exact) mass is 272 g/mol. The number of nitrogens with zero attached hydrogens (tertiary/aromatic N) is 3. The highest BCUT2D eigenvalue weighted by Crippen LogP contribution is 2.18. The quantitative estimate of drug-likeness (QED) is 0.931. The van der Waals surface area contributed by atoms with Gasteiger partial charge in [-0.15, -0.1) is 0 Å². The lowest BCUT2D eigenvalue weighted by molar-refractivity contribution is -0.116. The molecule has 0 bridgehead atoms. The summed E-state index contributed by atoms with van der Waals surface area (Å²) in [4.78, 5) is 16.1. The van der Waals surface area contributed by atoms with Crippen LogP contribution in [0.5, 0.6) is 0 Å². The van der Waals surface area contributed by atoms with Crippen molar-refractivity contribution in [2.24, 2.45) is 0 Å². The zero-order valence-electron chi connectivity index (χ0n) is 12.3. The minimum Gasteiger partial charge on any atom is -0.311 e. The van der Waals surface area contributed by atoms with Crippen LogP contribution in [-0.4, -0.2) is 20.7 Å². The molecule has 0 aliphatic rings. The second-order valence-corrected chi connectivity index (χ2v) is 5.06. The molecule has 5 nitrogen and oxygen atoms in total. The van der Waals surface area contributed by atoms with Gasteiger partial charge >= 0.3 is 0 Å². The van der Waals surface area contributed by atoms with E-state index in [9.17, 15) is 4.79 Å². The maximum Gasteiger partial charge on any atom is 0.227 e. The number of pyridine rings is 1. The Morgan fingerprint density at radius 3 is 2.65 bits per heavy atom. The first-order chi connectivity index (χ1) is 9.49. The first kappa shape index (κ1) is 14.2. The van der Waals surface area contributed by atoms with Crippen molar-refractivity contribution in [1.82, 2.24) is 14.8 Å². The molecule has 0 radical (unpaired) electrons. The van der Waals surface area contributed by atoms with E-state index < -0.39 is 0 Å². The summed E-state index contributed by atoms with van der Waals surface area (Å²) in [6.07, 6.45) is 2.03. The molecule has 0 aliphatic carbocycles. The van der Waals surface area contributed by atoms with Crippen LogP contribution >= 0.6 is 0 Å². The largest absolute Gasteiger partial charge is 0.311 e. The van der Waals surface area contributed by atoms with Crippen molar-refractivity contribution in [3.05, 3.63) is 41.3 Å². The molecule has 106 valence electrons. The van der Waals surface area contributed by atoms with Gasteiger partial charge in [-0.25, -0.2) is 4.98 Å². The molecule has 20 heavy (non-hydrogen) atoms. The average Bonchev–Trinajstić information content (AvgIpc) is 2.67. The lowest BCUT2D eigenvalue weighted by Crippen LogP contribution is -2.19. The van der Waals surface area contributed by atoms with Gasteiger partial charge in [-0.3, -0.25) is 9.48 Å². The fraction of sp³-hybridized carbons (Fsp3) is 0.400. The van der Waals surface area contributed by atoms with Gasteiger partial charge in [0.25, 0.3) is 0 Å². The number of hydrogen-bond donors (Lipinski definition) is 1. The Hall–Kier alpha value is -2.17. The van der Waals surface area contributed by atoms with Crippen LogP contribution in [0.1, 0.15) is 36.3 Å². The van der Waals surface area contributed by atoms with Crippen LogP contribution < -0.4 is 5.32 Å². The van der Waals surface area contributed by atoms with Crippen LogP contribution in [0.2, 0.25) is 0 Å². The summed E-state index contributed by atoms with van der Waals surface area (Å²) in [6, 6.07) is 5.45. The number of carbonyl (C=O) groups excluding carboxylic acids is 1. The summed E-state index contributed by atoms with van der Waals surface area (Å²) in [5.74, 6) is 0.524. The molecule has 2 aromatic heterocycles. The molecule has 0 saturated heterocycles. The molecular formula is C15H20N4O. The second-order valence-electron chi connectivity index (χ2n) is 5.06. The Labute approximate surface area is 119 Å². The predicted octanol–water partition coefficient (Wildman–Crippen LogP) is 2.79. The molecule has 0 aliphatic heterocycles. The van der Waals surface area contributed by atoms with E-state index in [2.05, 4.69) is 22.3 Å². The average molecular weight is 272 g/mol. The fourth-order valence-corrected chi connectivity index (χ4v) is 2.16. The fourth-order valence-electron chi connectivity index (χ4n) is 2.16. The number of carbonyl (C=O) groups is 1. The number of aryl methyl sites for hydroxylation is 1. The van der Waals surface area contributed by atoms with Crippen molar-refractivity contribution in [3.63, 3.8) is 0 Å². The van der Waals surface area contributed by atoms with E-state index in [4.69, 9.17) is 0 Å². The molecule has 2 rings (SSSR count). The first-order valence-electron chi connectivity index (χ1n) is 6.72. The van der Waals surface area contributed by atoms with Gasteiger partial charge in [0.15, 0.2) is 0 Å². The van der Waals surface area contributed by atoms with Crippen molar-refractivity contribution in [2.75, 3.05) is 5.32 Å². The smallest absolute Gasteiger partial charge is 0.227 e. The highest BCUT2D eigenvalue weighted by atomic mass is 16.1. The van der Waals surface area contributed by atoms with Gasteiger partial charge in [0, 0.05) is 18.3 Å². The van der Waals surface area contributed by atoms with Crippen LogP contribution in [0.3, 0.4) is 0 Å². The van der Waals surface area contributed by atoms with Gasteiger partial charge < -0.3 is 5.32 Å². The second kappa shape index (κ2) is 5.86. The number of aromatic nitrogens is 3. The minimum atomic E-state index is -0.0543. The summed E-state index contributed by atoms with van der Waals surface area (Å²) < 4.78 is 1.92. The minimum absolute atomic E-state index is 0.0195. The van der Waals surface area contributed by atoms with Gasteiger partial charge in [-0.1, -0.05) is 6.07 Å². The summed E-state index contributed by atoms with van der Waals surface area (Å²) in [5.41, 5.74) is 3.31. The number of amides is 1. The molecule has 0 saturated carbocycles. The molecule has 0 spiro atoms. The van der Waals surface area contributed by atoms with Crippen molar-refractivity contribution in [1.29, 1.82) is 0 Å². The maximum absolute atomic E-state index is 12.0. The lowest BCUT2D eigenvalue weighted by atomic mass is 10.2. The van der Waals surface area contributed by atoms with Crippen LogP contribution in [0.25, 0.3) is 0 Å². The summed E-state index contributed by atoms with van der Waals surface area (Å²) in [5, 5.41) is 7.28. The van der Waals surface area contributed by atoms with E-state index >= 15 is 0 Å². The Kier molecular flexibility index (Phi) is 4.17. The first-order valence-corrected chi connectivity index (χ1v) is 6.72. The summed E-state index contributed by atoms with van der Waals surface area (Å²) in [6.45, 7) is 8.06. The molecule has 5 heteroatoms. The Morgan fingerprint density at radius 2 is 2.10 bits per heavy atom. The Balaban J connectivity index is 2.02. The Bertz CT molecular complexity index is 604. The molecule has 2 aromatic rings. The van der Waals surface area contributed by atoms with Crippen molar-refractivity contribution in [3.8, 4) is 0 Å². The lowest BCUT2D eigenvalue weighted by Gasteiger charge is -2.14. The van der Waals surface area contributed by atoms with Crippen molar-refractivity contribution >= 4 is 11.7 Å². The standard InChI is InChI=1S/C15H20N4O/c1-10(19-13(4)11(2)12(3)18-19)9-15(20)17-14-7-5-6-8-16-14/h5-8,10H,9H2,1-4H3,(H,16,17,20)/t10-/m1/s1. The van der Waals surface area contributed by atoms with E-state index in [1.54, 1.807) is 12.3 Å². The van der Waals surface area contributed by atoms with Crippen LogP contribution in [-0.2, 0) is 4.79 Å². The third-order valence-electron chi connectivity index (χ3n) is 3.52. The molecule has 0 aromatic carbocycles. The number of hydrogen-bond acceptors (Lipinski definition) is 3. The van der Waals surface area contributed by atoms with Gasteiger partial charge in [0.2, 0.25) is 5.91 Å². The molecule has 1 N–H and O–H groups in total. The predicted molar refractivity (Wildman–Crippen MR) is 78.6 cm³/mol. The maximum atomic E-state index is 12.0. The van der Waals surface area contributed by atoms with Crippen LogP contribution in [0.4, 0.5) is 5.82 Å². The third-order valence-corrected chi connectivity index (χ3v) is 3.52. The van der Waals surface area contributed by atoms with Gasteiger partial charge in [-0.2, -0.15) is 5.10 Å². The zero-order valence-corrected chi connectivity index (χ0v) is 12.3. The Morgan fingerprint density at radius 1 is 1.35 bits per heavy atom. The van der Waals surface area contributed by atoms with E-state index in [0.717, 1.165) is 11.4 Å². The SMILES string of the molecule is Cc1nn([C@H](C)CC(=O)Nc2ccccn2)c(C)c1C. The van der Waals surface area contributed by atoms with Gasteiger partial charge in [-0.05, 0) is 45.4 Å². The van der Waals surface area contributed by atoms with Gasteiger partial charge in [0.1, 0.15) is 5.82 Å². The van der Waals surface area contributed by atoms with Gasteiger partial charge in [0.05, 0.1) is 11.7 Å². The van der Waals surface area contributed by atoms with Crippen molar-refractivity contribution < 1.29 is 4.79 Å². The highest BCUT2D eigenvalue weighted by Gasteiger charge is 2.16. The van der Waals surface area contributed by atoms with Crippen LogP contribution in [0.15, 0.2) is 24.4 Å². The highest BCUT2D eigenvalue weighted by molar-refractivity contribution is 5.89. The topological polar surface area (TPSA) is 59.8 Å². The molecule has 1 atom stereocenters.